The molecule has 2 N–H and O–H groups in total. The molecule has 8 nitrogen and oxygen atoms in total. The summed E-state index contributed by atoms with van der Waals surface area (Å²) in [5.41, 5.74) is 0.516. The molecule has 1 aliphatic heterocycles. The standard InChI is InChI=1S/C22H27ClN4O4/c1-26(14-20(28)25-19-7-3-2-6-18(19)23)21(29)15-27-10-8-16(9-11-27)22(30)24-13-17-5-4-12-31-17/h2-7,12,16H,8-11,13-15H2,1H3,(H,24,30)(H,25,28). The van der Waals surface area contributed by atoms with E-state index in [4.69, 9.17) is 16.0 Å². The SMILES string of the molecule is CN(CC(=O)Nc1ccccc1Cl)C(=O)CN1CCC(C(=O)NCc2ccco2)CC1. The van der Waals surface area contributed by atoms with Gasteiger partial charge in [0.15, 0.2) is 0 Å². The van der Waals surface area contributed by atoms with Gasteiger partial charge in [0.25, 0.3) is 0 Å². The minimum Gasteiger partial charge on any atom is -0.467 e. The lowest BCUT2D eigenvalue weighted by molar-refractivity contribution is -0.135. The molecule has 31 heavy (non-hydrogen) atoms. The van der Waals surface area contributed by atoms with Crippen molar-refractivity contribution in [2.24, 2.45) is 5.92 Å². The minimum atomic E-state index is -0.309. The fourth-order valence-corrected chi connectivity index (χ4v) is 3.64. The maximum absolute atomic E-state index is 12.5. The fourth-order valence-electron chi connectivity index (χ4n) is 3.45. The quantitative estimate of drug-likeness (QED) is 0.649. The largest absolute Gasteiger partial charge is 0.467 e. The summed E-state index contributed by atoms with van der Waals surface area (Å²) in [4.78, 5) is 40.4. The van der Waals surface area contributed by atoms with Crippen LogP contribution in [0, 0.1) is 5.92 Å². The van der Waals surface area contributed by atoms with Gasteiger partial charge < -0.3 is 20.0 Å². The van der Waals surface area contributed by atoms with Crippen LogP contribution in [-0.4, -0.2) is 60.7 Å². The molecule has 166 valence electrons. The Labute approximate surface area is 186 Å². The number of hydrogen-bond acceptors (Lipinski definition) is 5. The van der Waals surface area contributed by atoms with E-state index in [1.54, 1.807) is 43.6 Å². The van der Waals surface area contributed by atoms with Gasteiger partial charge in [0, 0.05) is 13.0 Å². The molecule has 0 spiro atoms. The van der Waals surface area contributed by atoms with Crippen LogP contribution in [0.25, 0.3) is 0 Å². The number of anilines is 1. The van der Waals surface area contributed by atoms with Gasteiger partial charge in [-0.25, -0.2) is 0 Å². The van der Waals surface area contributed by atoms with Crippen LogP contribution in [0.15, 0.2) is 47.1 Å². The summed E-state index contributed by atoms with van der Waals surface area (Å²) in [6, 6.07) is 10.6. The highest BCUT2D eigenvalue weighted by atomic mass is 35.5. The molecule has 0 atom stereocenters. The first kappa shape index (κ1) is 22.8. The van der Waals surface area contributed by atoms with Crippen LogP contribution in [0.4, 0.5) is 5.69 Å². The van der Waals surface area contributed by atoms with Crippen molar-refractivity contribution in [1.29, 1.82) is 0 Å². The van der Waals surface area contributed by atoms with Crippen LogP contribution in [-0.2, 0) is 20.9 Å². The molecule has 2 aromatic rings. The zero-order chi connectivity index (χ0) is 22.2. The maximum Gasteiger partial charge on any atom is 0.244 e. The van der Waals surface area contributed by atoms with Gasteiger partial charge in [-0.15, -0.1) is 0 Å². The van der Waals surface area contributed by atoms with Crippen LogP contribution in [0.2, 0.25) is 5.02 Å². The Morgan fingerprint density at radius 3 is 2.58 bits per heavy atom. The molecule has 0 radical (unpaired) electrons. The van der Waals surface area contributed by atoms with E-state index in [0.717, 1.165) is 5.76 Å². The number of furan rings is 1. The van der Waals surface area contributed by atoms with Gasteiger partial charge in [-0.2, -0.15) is 0 Å². The second-order valence-electron chi connectivity index (χ2n) is 7.63. The molecule has 1 saturated heterocycles. The highest BCUT2D eigenvalue weighted by Gasteiger charge is 2.26. The molecular weight excluding hydrogens is 420 g/mol. The predicted octanol–water partition coefficient (Wildman–Crippen LogP) is 2.36. The van der Waals surface area contributed by atoms with E-state index in [1.807, 2.05) is 11.0 Å². The first-order valence-electron chi connectivity index (χ1n) is 10.2. The Morgan fingerprint density at radius 2 is 1.90 bits per heavy atom. The van der Waals surface area contributed by atoms with Crippen LogP contribution in [0.5, 0.6) is 0 Å². The number of amides is 3. The third-order valence-corrected chi connectivity index (χ3v) is 5.62. The van der Waals surface area contributed by atoms with E-state index < -0.39 is 0 Å². The Balaban J connectivity index is 1.37. The minimum absolute atomic E-state index is 0.00994. The second-order valence-corrected chi connectivity index (χ2v) is 8.03. The van der Waals surface area contributed by atoms with E-state index in [2.05, 4.69) is 10.6 Å². The van der Waals surface area contributed by atoms with Crippen LogP contribution < -0.4 is 10.6 Å². The number of nitrogens with zero attached hydrogens (tertiary/aromatic N) is 2. The summed E-state index contributed by atoms with van der Waals surface area (Å²) < 4.78 is 5.22. The molecule has 0 unspecified atom stereocenters. The zero-order valence-electron chi connectivity index (χ0n) is 17.5. The molecule has 1 aromatic heterocycles. The summed E-state index contributed by atoms with van der Waals surface area (Å²) in [5, 5.41) is 6.05. The molecular formula is C22H27ClN4O4. The van der Waals surface area contributed by atoms with Gasteiger partial charge in [-0.3, -0.25) is 19.3 Å². The summed E-state index contributed by atoms with van der Waals surface area (Å²) in [7, 11) is 1.60. The second kappa shape index (κ2) is 11.0. The number of benzene rings is 1. The van der Waals surface area contributed by atoms with Gasteiger partial charge in [0.05, 0.1) is 36.6 Å². The van der Waals surface area contributed by atoms with Crippen molar-refractivity contribution in [3.05, 3.63) is 53.4 Å². The average molecular weight is 447 g/mol. The molecule has 0 aliphatic carbocycles. The number of likely N-dealkylation sites (tertiary alicyclic amines) is 1. The van der Waals surface area contributed by atoms with Crippen molar-refractivity contribution in [2.75, 3.05) is 38.5 Å². The number of para-hydroxylation sites is 1. The van der Waals surface area contributed by atoms with E-state index in [0.29, 0.717) is 43.2 Å². The summed E-state index contributed by atoms with van der Waals surface area (Å²) in [6.07, 6.45) is 2.95. The molecule has 3 rings (SSSR count). The Hall–Kier alpha value is -2.84. The monoisotopic (exact) mass is 446 g/mol. The Morgan fingerprint density at radius 1 is 1.16 bits per heavy atom. The first-order valence-corrected chi connectivity index (χ1v) is 10.6. The van der Waals surface area contributed by atoms with E-state index in [9.17, 15) is 14.4 Å². The highest BCUT2D eigenvalue weighted by Crippen LogP contribution is 2.20. The number of hydrogen-bond donors (Lipinski definition) is 2. The van der Waals surface area contributed by atoms with Crippen LogP contribution in [0.3, 0.4) is 0 Å². The highest BCUT2D eigenvalue weighted by molar-refractivity contribution is 6.33. The molecule has 1 fully saturated rings. The third-order valence-electron chi connectivity index (χ3n) is 5.29. The van der Waals surface area contributed by atoms with E-state index >= 15 is 0 Å². The molecule has 1 aliphatic rings. The van der Waals surface area contributed by atoms with E-state index in [1.165, 1.54) is 4.90 Å². The summed E-state index contributed by atoms with van der Waals surface area (Å²) in [5.74, 6) is 0.208. The Kier molecular flexibility index (Phi) is 8.08. The van der Waals surface area contributed by atoms with Crippen LogP contribution in [0.1, 0.15) is 18.6 Å². The van der Waals surface area contributed by atoms with Gasteiger partial charge in [0.2, 0.25) is 17.7 Å². The molecule has 0 bridgehead atoms. The van der Waals surface area contributed by atoms with Crippen molar-refractivity contribution in [2.45, 2.75) is 19.4 Å². The number of likely N-dealkylation sites (N-methyl/N-ethyl adjacent to an activating group) is 1. The van der Waals surface area contributed by atoms with Crippen molar-refractivity contribution >= 4 is 35.0 Å². The van der Waals surface area contributed by atoms with Crippen molar-refractivity contribution in [3.63, 3.8) is 0 Å². The molecule has 3 amide bonds. The average Bonchev–Trinajstić information content (AvgIpc) is 3.28. The molecule has 1 aromatic carbocycles. The number of carbonyl (C=O) groups excluding carboxylic acids is 3. The van der Waals surface area contributed by atoms with Gasteiger partial charge in [0.1, 0.15) is 5.76 Å². The molecule has 0 saturated carbocycles. The first-order chi connectivity index (χ1) is 14.9. The lowest BCUT2D eigenvalue weighted by Crippen LogP contribution is -2.46. The molecule has 2 heterocycles. The maximum atomic E-state index is 12.5. The predicted molar refractivity (Wildman–Crippen MR) is 117 cm³/mol. The number of piperidine rings is 1. The summed E-state index contributed by atoms with van der Waals surface area (Å²) in [6.45, 7) is 1.85. The van der Waals surface area contributed by atoms with Gasteiger partial charge in [-0.05, 0) is 50.2 Å². The lowest BCUT2D eigenvalue weighted by atomic mass is 9.96. The number of halogens is 1. The van der Waals surface area contributed by atoms with Crippen molar-refractivity contribution in [1.82, 2.24) is 15.1 Å². The van der Waals surface area contributed by atoms with Gasteiger partial charge in [-0.1, -0.05) is 23.7 Å². The zero-order valence-corrected chi connectivity index (χ0v) is 18.2. The molecule has 9 heteroatoms. The van der Waals surface area contributed by atoms with Crippen molar-refractivity contribution < 1.29 is 18.8 Å². The Bertz CT molecular complexity index is 895. The summed E-state index contributed by atoms with van der Waals surface area (Å²) >= 11 is 6.04. The number of nitrogens with one attached hydrogen (secondary N) is 2. The lowest BCUT2D eigenvalue weighted by Gasteiger charge is -2.31. The third kappa shape index (κ3) is 6.83. The number of carbonyl (C=O) groups is 3. The number of rotatable bonds is 8. The van der Waals surface area contributed by atoms with Gasteiger partial charge >= 0.3 is 0 Å². The van der Waals surface area contributed by atoms with Crippen LogP contribution >= 0.6 is 11.6 Å². The smallest absolute Gasteiger partial charge is 0.244 e. The van der Waals surface area contributed by atoms with E-state index in [-0.39, 0.29) is 36.7 Å². The fraction of sp³-hybridized carbons (Fsp3) is 0.409. The topological polar surface area (TPSA) is 94.9 Å². The van der Waals surface area contributed by atoms with Crippen molar-refractivity contribution in [3.8, 4) is 0 Å². The normalized spacial score (nSPS) is 14.8.